The summed E-state index contributed by atoms with van der Waals surface area (Å²) in [6, 6.07) is 3.50. The van der Waals surface area contributed by atoms with Crippen LogP contribution in [-0.2, 0) is 6.42 Å². The molecule has 0 radical (unpaired) electrons. The quantitative estimate of drug-likeness (QED) is 0.609. The Morgan fingerprint density at radius 1 is 1.19 bits per heavy atom. The third-order valence-electron chi connectivity index (χ3n) is 4.49. The van der Waals surface area contributed by atoms with Gasteiger partial charge in [0.05, 0.1) is 24.6 Å². The summed E-state index contributed by atoms with van der Waals surface area (Å²) in [5.41, 5.74) is 1.42. The van der Waals surface area contributed by atoms with Gasteiger partial charge in [0.25, 0.3) is 5.91 Å². The Hall–Kier alpha value is -2.44. The van der Waals surface area contributed by atoms with Gasteiger partial charge < -0.3 is 10.1 Å². The van der Waals surface area contributed by atoms with Gasteiger partial charge in [-0.05, 0) is 24.8 Å². The van der Waals surface area contributed by atoms with Crippen LogP contribution in [0.5, 0.6) is 5.88 Å². The molecule has 0 aliphatic rings. The maximum absolute atomic E-state index is 12.5. The molecule has 0 unspecified atom stereocenters. The molecule has 148 valence electrons. The summed E-state index contributed by atoms with van der Waals surface area (Å²) in [5, 5.41) is 15.4. The molecular formula is C20H31N5O2. The molecular weight excluding hydrogens is 342 g/mol. The van der Waals surface area contributed by atoms with Crippen molar-refractivity contribution in [1.82, 2.24) is 25.3 Å². The smallest absolute Gasteiger partial charge is 0.254 e. The molecule has 0 aromatic carbocycles. The second-order valence-electron chi connectivity index (χ2n) is 7.06. The summed E-state index contributed by atoms with van der Waals surface area (Å²) in [5.74, 6) is 1.69. The lowest BCUT2D eigenvalue weighted by atomic mass is 10.0. The van der Waals surface area contributed by atoms with E-state index in [1.165, 1.54) is 19.3 Å². The first kappa shape index (κ1) is 20.9. The number of methoxy groups -OCH3 is 1. The average Bonchev–Trinajstić information content (AvgIpc) is 3.11. The van der Waals surface area contributed by atoms with Crippen molar-refractivity contribution in [2.45, 2.75) is 59.3 Å². The predicted molar refractivity (Wildman–Crippen MR) is 105 cm³/mol. The van der Waals surface area contributed by atoms with Crippen molar-refractivity contribution >= 4 is 5.91 Å². The third kappa shape index (κ3) is 6.05. The predicted octanol–water partition coefficient (Wildman–Crippen LogP) is 3.57. The van der Waals surface area contributed by atoms with Crippen LogP contribution in [0.2, 0.25) is 0 Å². The lowest BCUT2D eigenvalue weighted by Gasteiger charge is -2.08. The van der Waals surface area contributed by atoms with Crippen LogP contribution in [-0.4, -0.2) is 39.5 Å². The van der Waals surface area contributed by atoms with Crippen molar-refractivity contribution in [3.8, 4) is 11.7 Å². The van der Waals surface area contributed by atoms with E-state index in [0.29, 0.717) is 30.2 Å². The minimum atomic E-state index is -0.0817. The van der Waals surface area contributed by atoms with Crippen molar-refractivity contribution < 1.29 is 9.53 Å². The lowest BCUT2D eigenvalue weighted by molar-refractivity contribution is 0.0952. The summed E-state index contributed by atoms with van der Waals surface area (Å²) in [4.78, 5) is 12.5. The molecule has 0 atom stereocenters. The number of nitrogens with one attached hydrogen (secondary N) is 1. The molecule has 2 aromatic heterocycles. The Bertz CT molecular complexity index is 710. The molecule has 0 saturated carbocycles. The minimum Gasteiger partial charge on any atom is -0.480 e. The van der Waals surface area contributed by atoms with Crippen LogP contribution >= 0.6 is 0 Å². The summed E-state index contributed by atoms with van der Waals surface area (Å²) in [6.07, 6.45) is 8.19. The molecule has 0 spiro atoms. The molecule has 0 saturated heterocycles. The van der Waals surface area contributed by atoms with E-state index < -0.39 is 0 Å². The number of nitrogens with zero attached hydrogens (tertiary/aromatic N) is 4. The molecule has 7 heteroatoms. The van der Waals surface area contributed by atoms with Gasteiger partial charge in [-0.3, -0.25) is 4.79 Å². The monoisotopic (exact) mass is 373 g/mol. The van der Waals surface area contributed by atoms with Crippen LogP contribution < -0.4 is 10.1 Å². The fourth-order valence-corrected chi connectivity index (χ4v) is 2.96. The van der Waals surface area contributed by atoms with Gasteiger partial charge in [-0.2, -0.15) is 5.10 Å². The summed E-state index contributed by atoms with van der Waals surface area (Å²) >= 11 is 0. The molecule has 1 N–H and O–H groups in total. The summed E-state index contributed by atoms with van der Waals surface area (Å²) < 4.78 is 6.69. The Labute approximate surface area is 161 Å². The summed E-state index contributed by atoms with van der Waals surface area (Å²) in [6.45, 7) is 7.19. The average molecular weight is 374 g/mol. The van der Waals surface area contributed by atoms with Gasteiger partial charge in [-0.1, -0.05) is 46.5 Å². The van der Waals surface area contributed by atoms with Crippen LogP contribution in [0.15, 0.2) is 18.3 Å². The third-order valence-corrected chi connectivity index (χ3v) is 4.49. The fourth-order valence-electron chi connectivity index (χ4n) is 2.96. The second-order valence-corrected chi connectivity index (χ2v) is 7.06. The van der Waals surface area contributed by atoms with Gasteiger partial charge in [0, 0.05) is 12.6 Å². The SMILES string of the molecule is CCc1c(C(=O)NCCCCCCC(C)C)cnn1-c1ccc(OC)nn1. The Balaban J connectivity index is 1.90. The number of rotatable bonds is 11. The van der Waals surface area contributed by atoms with E-state index in [2.05, 4.69) is 34.5 Å². The van der Waals surface area contributed by atoms with Gasteiger partial charge in [0.2, 0.25) is 5.88 Å². The molecule has 7 nitrogen and oxygen atoms in total. The molecule has 2 rings (SSSR count). The molecule has 0 bridgehead atoms. The zero-order valence-corrected chi connectivity index (χ0v) is 16.9. The molecule has 0 fully saturated rings. The molecule has 0 aliphatic heterocycles. The van der Waals surface area contributed by atoms with Crippen molar-refractivity contribution in [3.63, 3.8) is 0 Å². The van der Waals surface area contributed by atoms with Crippen LogP contribution in [0.1, 0.15) is 68.9 Å². The minimum absolute atomic E-state index is 0.0817. The first-order valence-corrected chi connectivity index (χ1v) is 9.80. The number of hydrogen-bond donors (Lipinski definition) is 1. The standard InChI is InChI=1S/C20H31N5O2/c1-5-17-16(20(26)21-13-9-7-6-8-10-15(2)3)14-22-25(17)18-11-12-19(27-4)24-23-18/h11-12,14-15H,5-10,13H2,1-4H3,(H,21,26). The van der Waals surface area contributed by atoms with Gasteiger partial charge in [0.15, 0.2) is 5.82 Å². The lowest BCUT2D eigenvalue weighted by Crippen LogP contribution is -2.25. The number of hydrogen-bond acceptors (Lipinski definition) is 5. The highest BCUT2D eigenvalue weighted by Gasteiger charge is 2.17. The highest BCUT2D eigenvalue weighted by atomic mass is 16.5. The number of aromatic nitrogens is 4. The zero-order chi connectivity index (χ0) is 19.6. The Morgan fingerprint density at radius 3 is 2.59 bits per heavy atom. The van der Waals surface area contributed by atoms with Crippen molar-refractivity contribution in [1.29, 1.82) is 0 Å². The van der Waals surface area contributed by atoms with Crippen molar-refractivity contribution in [2.75, 3.05) is 13.7 Å². The number of ether oxygens (including phenoxy) is 1. The first-order chi connectivity index (χ1) is 13.1. The number of carbonyl (C=O) groups is 1. The van der Waals surface area contributed by atoms with E-state index >= 15 is 0 Å². The van der Waals surface area contributed by atoms with Gasteiger partial charge in [-0.15, -0.1) is 10.2 Å². The van der Waals surface area contributed by atoms with E-state index in [1.807, 2.05) is 6.92 Å². The highest BCUT2D eigenvalue weighted by molar-refractivity contribution is 5.95. The number of unbranched alkanes of at least 4 members (excludes halogenated alkanes) is 3. The maximum atomic E-state index is 12.5. The van der Waals surface area contributed by atoms with E-state index in [1.54, 1.807) is 30.1 Å². The van der Waals surface area contributed by atoms with Crippen LogP contribution in [0.4, 0.5) is 0 Å². The largest absolute Gasteiger partial charge is 0.480 e. The van der Waals surface area contributed by atoms with Crippen LogP contribution in [0.3, 0.4) is 0 Å². The Morgan fingerprint density at radius 2 is 1.96 bits per heavy atom. The van der Waals surface area contributed by atoms with Gasteiger partial charge in [0.1, 0.15) is 0 Å². The van der Waals surface area contributed by atoms with E-state index in [0.717, 1.165) is 24.5 Å². The first-order valence-electron chi connectivity index (χ1n) is 9.80. The molecule has 0 aliphatic carbocycles. The van der Waals surface area contributed by atoms with Crippen LogP contribution in [0.25, 0.3) is 5.82 Å². The highest BCUT2D eigenvalue weighted by Crippen LogP contribution is 2.15. The van der Waals surface area contributed by atoms with Gasteiger partial charge in [-0.25, -0.2) is 4.68 Å². The van der Waals surface area contributed by atoms with E-state index in [4.69, 9.17) is 4.74 Å². The van der Waals surface area contributed by atoms with Crippen molar-refractivity contribution in [2.24, 2.45) is 5.92 Å². The maximum Gasteiger partial charge on any atom is 0.254 e. The second kappa shape index (κ2) is 10.6. The Kier molecular flexibility index (Phi) is 8.23. The van der Waals surface area contributed by atoms with E-state index in [-0.39, 0.29) is 5.91 Å². The fraction of sp³-hybridized carbons (Fsp3) is 0.600. The summed E-state index contributed by atoms with van der Waals surface area (Å²) in [7, 11) is 1.54. The van der Waals surface area contributed by atoms with Crippen LogP contribution in [0, 0.1) is 5.92 Å². The molecule has 27 heavy (non-hydrogen) atoms. The topological polar surface area (TPSA) is 81.9 Å². The molecule has 2 heterocycles. The normalized spacial score (nSPS) is 11.0. The zero-order valence-electron chi connectivity index (χ0n) is 16.9. The number of amides is 1. The number of carbonyl (C=O) groups excluding carboxylic acids is 1. The molecule has 2 aromatic rings. The molecule has 1 amide bonds. The van der Waals surface area contributed by atoms with Gasteiger partial charge >= 0.3 is 0 Å². The van der Waals surface area contributed by atoms with E-state index in [9.17, 15) is 4.79 Å². The van der Waals surface area contributed by atoms with Crippen molar-refractivity contribution in [3.05, 3.63) is 29.6 Å².